The second-order valence-electron chi connectivity index (χ2n) is 6.66. The van der Waals surface area contributed by atoms with Crippen molar-refractivity contribution in [3.63, 3.8) is 0 Å². The lowest BCUT2D eigenvalue weighted by Gasteiger charge is -2.30. The number of likely N-dealkylation sites (tertiary alicyclic amines) is 1. The van der Waals surface area contributed by atoms with Crippen molar-refractivity contribution in [1.82, 2.24) is 14.9 Å². The lowest BCUT2D eigenvalue weighted by atomic mass is 10.0. The van der Waals surface area contributed by atoms with E-state index in [0.29, 0.717) is 24.0 Å². The van der Waals surface area contributed by atoms with Crippen LogP contribution in [0.5, 0.6) is 0 Å². The number of fused-ring (bicyclic) bond motifs is 1. The van der Waals surface area contributed by atoms with Gasteiger partial charge in [0.15, 0.2) is 0 Å². The average molecular weight is 315 g/mol. The minimum atomic E-state index is -0.136. The van der Waals surface area contributed by atoms with Crippen LogP contribution in [0.3, 0.4) is 0 Å². The summed E-state index contributed by atoms with van der Waals surface area (Å²) in [5.74, 6) is 1.15. The first-order valence-corrected chi connectivity index (χ1v) is 8.35. The fraction of sp³-hybridized carbons (Fsp3) is 0.556. The maximum Gasteiger partial charge on any atom is 0.280 e. The molecular formula is C18H25N3O2. The molecule has 0 amide bonds. The maximum atomic E-state index is 12.3. The number of aromatic amines is 1. The van der Waals surface area contributed by atoms with Crippen molar-refractivity contribution in [2.45, 2.75) is 45.3 Å². The molecule has 23 heavy (non-hydrogen) atoms. The summed E-state index contributed by atoms with van der Waals surface area (Å²) in [5, 5.41) is 0.679. The quantitative estimate of drug-likeness (QED) is 0.942. The Morgan fingerprint density at radius 3 is 2.74 bits per heavy atom. The molecule has 5 nitrogen and oxygen atoms in total. The third-order valence-corrected chi connectivity index (χ3v) is 4.70. The van der Waals surface area contributed by atoms with Crippen LogP contribution in [0.1, 0.15) is 44.0 Å². The van der Waals surface area contributed by atoms with Crippen LogP contribution in [0.2, 0.25) is 0 Å². The fourth-order valence-corrected chi connectivity index (χ4v) is 3.16. The predicted molar refractivity (Wildman–Crippen MR) is 91.8 cm³/mol. The summed E-state index contributed by atoms with van der Waals surface area (Å²) >= 11 is 0. The van der Waals surface area contributed by atoms with E-state index in [1.165, 1.54) is 5.56 Å². The van der Waals surface area contributed by atoms with Crippen LogP contribution in [0.4, 0.5) is 0 Å². The Balaban J connectivity index is 1.80. The van der Waals surface area contributed by atoms with Gasteiger partial charge in [-0.05, 0) is 36.5 Å². The molecule has 0 saturated carbocycles. The van der Waals surface area contributed by atoms with E-state index in [0.717, 1.165) is 37.3 Å². The summed E-state index contributed by atoms with van der Waals surface area (Å²) in [6.07, 6.45) is 2.43. The first kappa shape index (κ1) is 16.1. The van der Waals surface area contributed by atoms with Crippen molar-refractivity contribution in [2.24, 2.45) is 0 Å². The molecule has 0 atom stereocenters. The Morgan fingerprint density at radius 1 is 1.35 bits per heavy atom. The number of benzene rings is 1. The molecule has 2 aromatic rings. The fourth-order valence-electron chi connectivity index (χ4n) is 3.16. The molecule has 1 saturated heterocycles. The van der Waals surface area contributed by atoms with E-state index in [1.807, 2.05) is 12.1 Å². The maximum absolute atomic E-state index is 12.3. The molecule has 1 aromatic heterocycles. The number of ether oxygens (including phenoxy) is 1. The van der Waals surface area contributed by atoms with Crippen LogP contribution in [0.15, 0.2) is 23.0 Å². The smallest absolute Gasteiger partial charge is 0.280 e. The molecule has 124 valence electrons. The van der Waals surface area contributed by atoms with Crippen LogP contribution in [0, 0.1) is 0 Å². The molecule has 3 rings (SSSR count). The lowest BCUT2D eigenvalue weighted by Crippen LogP contribution is -2.36. The minimum absolute atomic E-state index is 0.136. The van der Waals surface area contributed by atoms with Crippen LogP contribution < -0.4 is 5.56 Å². The van der Waals surface area contributed by atoms with E-state index in [9.17, 15) is 4.79 Å². The van der Waals surface area contributed by atoms with E-state index < -0.39 is 0 Å². The molecule has 1 fully saturated rings. The number of rotatable bonds is 4. The summed E-state index contributed by atoms with van der Waals surface area (Å²) < 4.78 is 5.40. The molecule has 1 aromatic carbocycles. The van der Waals surface area contributed by atoms with Crippen molar-refractivity contribution >= 4 is 10.9 Å². The van der Waals surface area contributed by atoms with Gasteiger partial charge >= 0.3 is 0 Å². The topological polar surface area (TPSA) is 58.2 Å². The number of H-pyrrole nitrogens is 1. The third-order valence-electron chi connectivity index (χ3n) is 4.70. The number of hydrogen-bond donors (Lipinski definition) is 1. The van der Waals surface area contributed by atoms with E-state index in [2.05, 4.69) is 34.8 Å². The highest BCUT2D eigenvalue weighted by Gasteiger charge is 2.19. The summed E-state index contributed by atoms with van der Waals surface area (Å²) in [4.78, 5) is 22.2. The molecule has 1 aliphatic rings. The summed E-state index contributed by atoms with van der Waals surface area (Å²) in [5.41, 5.74) is 1.90. The number of hydrogen-bond acceptors (Lipinski definition) is 4. The summed E-state index contributed by atoms with van der Waals surface area (Å²) in [6.45, 7) is 6.90. The number of nitrogens with one attached hydrogen (secondary N) is 1. The molecule has 0 bridgehead atoms. The normalized spacial score (nSPS) is 17.2. The summed E-state index contributed by atoms with van der Waals surface area (Å²) in [6, 6.07) is 6.03. The van der Waals surface area contributed by atoms with Gasteiger partial charge in [-0.15, -0.1) is 0 Å². The van der Waals surface area contributed by atoms with E-state index >= 15 is 0 Å². The summed E-state index contributed by atoms with van der Waals surface area (Å²) in [7, 11) is 1.77. The number of nitrogens with zero attached hydrogens (tertiary/aromatic N) is 2. The highest BCUT2D eigenvalue weighted by molar-refractivity contribution is 5.78. The van der Waals surface area contributed by atoms with Crippen LogP contribution >= 0.6 is 0 Å². The zero-order chi connectivity index (χ0) is 16.4. The second kappa shape index (κ2) is 6.81. The Morgan fingerprint density at radius 2 is 2.09 bits per heavy atom. The van der Waals surface area contributed by atoms with Crippen LogP contribution in [-0.4, -0.2) is 41.2 Å². The van der Waals surface area contributed by atoms with Gasteiger partial charge in [0.1, 0.15) is 5.82 Å². The third kappa shape index (κ3) is 3.62. The molecule has 0 spiro atoms. The van der Waals surface area contributed by atoms with E-state index in [1.54, 1.807) is 7.11 Å². The van der Waals surface area contributed by atoms with E-state index in [-0.39, 0.29) is 5.56 Å². The largest absolute Gasteiger partial charge is 0.381 e. The number of aromatic nitrogens is 2. The van der Waals surface area contributed by atoms with Gasteiger partial charge in [0, 0.05) is 20.2 Å². The van der Waals surface area contributed by atoms with Gasteiger partial charge in [-0.2, -0.15) is 4.98 Å². The number of methoxy groups -OCH3 is 1. The van der Waals surface area contributed by atoms with Gasteiger partial charge in [0.25, 0.3) is 5.56 Å². The standard InChI is InChI=1S/C18H25N3O2/c1-12(2)13-4-5-16-15(10-13)18(22)20-17(19-16)11-21-8-6-14(23-3)7-9-21/h4-5,10,12,14H,6-9,11H2,1-3H3,(H,19,20,22). The van der Waals surface area contributed by atoms with Gasteiger partial charge in [0.05, 0.1) is 23.6 Å². The Labute approximate surface area is 136 Å². The van der Waals surface area contributed by atoms with Crippen LogP contribution in [-0.2, 0) is 11.3 Å². The van der Waals surface area contributed by atoms with Gasteiger partial charge in [-0.25, -0.2) is 0 Å². The van der Waals surface area contributed by atoms with Gasteiger partial charge in [-0.1, -0.05) is 19.9 Å². The molecule has 2 heterocycles. The van der Waals surface area contributed by atoms with Crippen LogP contribution in [0.25, 0.3) is 10.9 Å². The molecule has 0 aliphatic carbocycles. The van der Waals surface area contributed by atoms with Gasteiger partial charge < -0.3 is 9.72 Å². The van der Waals surface area contributed by atoms with Crippen molar-refractivity contribution < 1.29 is 4.74 Å². The molecular weight excluding hydrogens is 290 g/mol. The van der Waals surface area contributed by atoms with Crippen molar-refractivity contribution in [3.8, 4) is 0 Å². The Kier molecular flexibility index (Phi) is 4.78. The average Bonchev–Trinajstić information content (AvgIpc) is 2.55. The van der Waals surface area contributed by atoms with Crippen molar-refractivity contribution in [2.75, 3.05) is 20.2 Å². The van der Waals surface area contributed by atoms with E-state index in [4.69, 9.17) is 4.74 Å². The molecule has 0 unspecified atom stereocenters. The number of piperidine rings is 1. The Bertz CT molecular complexity index is 731. The zero-order valence-corrected chi connectivity index (χ0v) is 14.1. The Hall–Kier alpha value is -1.72. The monoisotopic (exact) mass is 315 g/mol. The lowest BCUT2D eigenvalue weighted by molar-refractivity contribution is 0.0381. The molecule has 5 heteroatoms. The SMILES string of the molecule is COC1CCN(Cc2nc(=O)c3cc(C(C)C)ccc3[nH]2)CC1. The van der Waals surface area contributed by atoms with Gasteiger partial charge in [0.2, 0.25) is 0 Å². The van der Waals surface area contributed by atoms with Crippen molar-refractivity contribution in [3.05, 3.63) is 39.9 Å². The highest BCUT2D eigenvalue weighted by atomic mass is 16.5. The minimum Gasteiger partial charge on any atom is -0.381 e. The second-order valence-corrected chi connectivity index (χ2v) is 6.66. The van der Waals surface area contributed by atoms with Gasteiger partial charge in [-0.3, -0.25) is 9.69 Å². The van der Waals surface area contributed by atoms with Crippen molar-refractivity contribution in [1.29, 1.82) is 0 Å². The first-order chi connectivity index (χ1) is 11.1. The zero-order valence-electron chi connectivity index (χ0n) is 14.1. The highest BCUT2D eigenvalue weighted by Crippen LogP contribution is 2.19. The molecule has 0 radical (unpaired) electrons. The molecule has 1 N–H and O–H groups in total. The first-order valence-electron chi connectivity index (χ1n) is 8.35. The predicted octanol–water partition coefficient (Wildman–Crippen LogP) is 2.66. The molecule has 1 aliphatic heterocycles.